The van der Waals surface area contributed by atoms with Crippen molar-refractivity contribution in [2.75, 3.05) is 6.54 Å². The number of thioether (sulfide) groups is 1. The summed E-state index contributed by atoms with van der Waals surface area (Å²) in [7, 11) is 0. The maximum absolute atomic E-state index is 12.8. The van der Waals surface area contributed by atoms with Crippen molar-refractivity contribution in [3.8, 4) is 0 Å². The van der Waals surface area contributed by atoms with Crippen molar-refractivity contribution in [2.45, 2.75) is 17.9 Å². The molecule has 0 spiro atoms. The van der Waals surface area contributed by atoms with E-state index in [9.17, 15) is 8.78 Å². The van der Waals surface area contributed by atoms with Crippen LogP contribution in [0.2, 0.25) is 0 Å². The van der Waals surface area contributed by atoms with Gasteiger partial charge in [0, 0.05) is 23.6 Å². The van der Waals surface area contributed by atoms with Crippen LogP contribution in [-0.2, 0) is 5.75 Å². The molecular weight excluding hydrogens is 204 g/mol. The maximum atomic E-state index is 12.8. The van der Waals surface area contributed by atoms with Gasteiger partial charge in [0.05, 0.1) is 0 Å². The molecule has 0 aromatic heterocycles. The van der Waals surface area contributed by atoms with Crippen LogP contribution in [0, 0.1) is 11.6 Å². The van der Waals surface area contributed by atoms with Gasteiger partial charge in [-0.15, -0.1) is 0 Å². The second-order valence-electron chi connectivity index (χ2n) is 3.14. The predicted molar refractivity (Wildman–Crippen MR) is 56.2 cm³/mol. The van der Waals surface area contributed by atoms with Crippen LogP contribution in [0.25, 0.3) is 0 Å². The van der Waals surface area contributed by atoms with Crippen LogP contribution in [0.15, 0.2) is 18.2 Å². The molecule has 2 N–H and O–H groups in total. The minimum absolute atomic E-state index is 0.307. The lowest BCUT2D eigenvalue weighted by Crippen LogP contribution is -2.12. The number of hydrogen-bond donors (Lipinski definition) is 1. The lowest BCUT2D eigenvalue weighted by atomic mass is 10.2. The highest BCUT2D eigenvalue weighted by Crippen LogP contribution is 2.18. The van der Waals surface area contributed by atoms with Crippen molar-refractivity contribution in [3.05, 3.63) is 35.4 Å². The maximum Gasteiger partial charge on any atom is 0.126 e. The van der Waals surface area contributed by atoms with Gasteiger partial charge in [0.15, 0.2) is 0 Å². The lowest BCUT2D eigenvalue weighted by Gasteiger charge is -2.07. The van der Waals surface area contributed by atoms with E-state index in [0.717, 1.165) is 6.07 Å². The van der Waals surface area contributed by atoms with Gasteiger partial charge in [-0.1, -0.05) is 6.92 Å². The van der Waals surface area contributed by atoms with E-state index < -0.39 is 11.6 Å². The quantitative estimate of drug-likeness (QED) is 0.838. The van der Waals surface area contributed by atoms with E-state index in [1.54, 1.807) is 11.8 Å². The summed E-state index contributed by atoms with van der Waals surface area (Å²) in [4.78, 5) is 0. The fraction of sp³-hybridized carbons (Fsp3) is 0.400. The van der Waals surface area contributed by atoms with Crippen LogP contribution < -0.4 is 5.73 Å². The van der Waals surface area contributed by atoms with Crippen LogP contribution >= 0.6 is 11.8 Å². The molecule has 1 aromatic rings. The Bertz CT molecular complexity index is 284. The minimum Gasteiger partial charge on any atom is -0.329 e. The zero-order valence-corrected chi connectivity index (χ0v) is 8.78. The number of rotatable bonds is 4. The average Bonchev–Trinajstić information content (AvgIpc) is 2.12. The summed E-state index contributed by atoms with van der Waals surface area (Å²) in [6, 6.07) is 3.57. The molecule has 14 heavy (non-hydrogen) atoms. The van der Waals surface area contributed by atoms with Gasteiger partial charge in [-0.05, 0) is 17.7 Å². The van der Waals surface area contributed by atoms with Crippen molar-refractivity contribution < 1.29 is 8.78 Å². The van der Waals surface area contributed by atoms with Crippen molar-refractivity contribution in [1.82, 2.24) is 0 Å². The Labute approximate surface area is 86.7 Å². The topological polar surface area (TPSA) is 26.0 Å². The third-order valence-corrected chi connectivity index (χ3v) is 3.05. The molecule has 1 aromatic carbocycles. The summed E-state index contributed by atoms with van der Waals surface area (Å²) >= 11 is 1.59. The Morgan fingerprint density at radius 3 is 2.36 bits per heavy atom. The predicted octanol–water partition coefficient (Wildman–Crippen LogP) is 2.55. The van der Waals surface area contributed by atoms with E-state index in [1.807, 2.05) is 6.92 Å². The molecular formula is C10H13F2NS. The third kappa shape index (κ3) is 3.64. The van der Waals surface area contributed by atoms with Crippen molar-refractivity contribution >= 4 is 11.8 Å². The standard InChI is InChI=1S/C10H13F2NS/c1-7(5-13)14-6-8-2-9(11)4-10(12)3-8/h2-4,7H,5-6,13H2,1H3. The van der Waals surface area contributed by atoms with E-state index in [-0.39, 0.29) is 0 Å². The van der Waals surface area contributed by atoms with Gasteiger partial charge in [0.2, 0.25) is 0 Å². The number of benzene rings is 1. The Morgan fingerprint density at radius 2 is 1.86 bits per heavy atom. The second-order valence-corrected chi connectivity index (χ2v) is 4.56. The molecule has 0 aliphatic rings. The van der Waals surface area contributed by atoms with Gasteiger partial charge < -0.3 is 5.73 Å². The number of hydrogen-bond acceptors (Lipinski definition) is 2. The zero-order chi connectivity index (χ0) is 10.6. The molecule has 0 fully saturated rings. The number of nitrogens with two attached hydrogens (primary N) is 1. The summed E-state index contributed by atoms with van der Waals surface area (Å²) in [6.45, 7) is 2.56. The SMILES string of the molecule is CC(CN)SCc1cc(F)cc(F)c1. The molecule has 0 saturated heterocycles. The molecule has 1 nitrogen and oxygen atoms in total. The molecule has 1 atom stereocenters. The molecule has 0 radical (unpaired) electrons. The first-order valence-corrected chi connectivity index (χ1v) is 5.43. The molecule has 0 aliphatic carbocycles. The Kier molecular flexibility index (Phi) is 4.35. The van der Waals surface area contributed by atoms with Crippen molar-refractivity contribution in [1.29, 1.82) is 0 Å². The highest BCUT2D eigenvalue weighted by atomic mass is 32.2. The molecule has 0 heterocycles. The van der Waals surface area contributed by atoms with Crippen LogP contribution in [0.3, 0.4) is 0 Å². The molecule has 1 unspecified atom stereocenters. The van der Waals surface area contributed by atoms with Gasteiger partial charge in [0.1, 0.15) is 11.6 Å². The van der Waals surface area contributed by atoms with Gasteiger partial charge in [-0.2, -0.15) is 11.8 Å². The summed E-state index contributed by atoms with van der Waals surface area (Å²) in [6.07, 6.45) is 0. The Hall–Kier alpha value is -0.610. The molecule has 0 bridgehead atoms. The Morgan fingerprint density at radius 1 is 1.29 bits per heavy atom. The molecule has 0 amide bonds. The van der Waals surface area contributed by atoms with Gasteiger partial charge in [-0.3, -0.25) is 0 Å². The molecule has 1 rings (SSSR count). The normalized spacial score (nSPS) is 12.9. The number of halogens is 2. The highest BCUT2D eigenvalue weighted by molar-refractivity contribution is 7.99. The summed E-state index contributed by atoms with van der Waals surface area (Å²) in [5, 5.41) is 0.307. The first kappa shape index (κ1) is 11.5. The average molecular weight is 217 g/mol. The van der Waals surface area contributed by atoms with E-state index >= 15 is 0 Å². The fourth-order valence-electron chi connectivity index (χ4n) is 1.00. The van der Waals surface area contributed by atoms with Crippen LogP contribution in [-0.4, -0.2) is 11.8 Å². The van der Waals surface area contributed by atoms with E-state index in [0.29, 0.717) is 23.1 Å². The summed E-state index contributed by atoms with van der Waals surface area (Å²) in [5.41, 5.74) is 6.09. The van der Waals surface area contributed by atoms with E-state index in [1.165, 1.54) is 12.1 Å². The van der Waals surface area contributed by atoms with Gasteiger partial charge >= 0.3 is 0 Å². The molecule has 4 heteroatoms. The smallest absolute Gasteiger partial charge is 0.126 e. The van der Waals surface area contributed by atoms with E-state index in [2.05, 4.69) is 0 Å². The largest absolute Gasteiger partial charge is 0.329 e. The monoisotopic (exact) mass is 217 g/mol. The summed E-state index contributed by atoms with van der Waals surface area (Å²) in [5.74, 6) is -0.463. The first-order chi connectivity index (χ1) is 6.61. The van der Waals surface area contributed by atoms with E-state index in [4.69, 9.17) is 5.73 Å². The molecule has 0 aliphatic heterocycles. The molecule has 78 valence electrons. The van der Waals surface area contributed by atoms with Crippen LogP contribution in [0.1, 0.15) is 12.5 Å². The first-order valence-electron chi connectivity index (χ1n) is 4.38. The second kappa shape index (κ2) is 5.32. The summed E-state index contributed by atoms with van der Waals surface area (Å²) < 4.78 is 25.5. The highest BCUT2D eigenvalue weighted by Gasteiger charge is 2.03. The van der Waals surface area contributed by atoms with Gasteiger partial charge in [-0.25, -0.2) is 8.78 Å². The van der Waals surface area contributed by atoms with Crippen molar-refractivity contribution in [2.24, 2.45) is 5.73 Å². The van der Waals surface area contributed by atoms with Crippen molar-refractivity contribution in [3.63, 3.8) is 0 Å². The lowest BCUT2D eigenvalue weighted by molar-refractivity contribution is 0.581. The zero-order valence-electron chi connectivity index (χ0n) is 7.97. The Balaban J connectivity index is 2.58. The fourth-order valence-corrected chi connectivity index (χ4v) is 1.78. The van der Waals surface area contributed by atoms with Gasteiger partial charge in [0.25, 0.3) is 0 Å². The van der Waals surface area contributed by atoms with Crippen LogP contribution in [0.4, 0.5) is 8.78 Å². The molecule has 0 saturated carbocycles. The minimum atomic E-state index is -0.527. The van der Waals surface area contributed by atoms with Crippen LogP contribution in [0.5, 0.6) is 0 Å². The third-order valence-electron chi connectivity index (χ3n) is 1.79.